The van der Waals surface area contributed by atoms with E-state index in [0.29, 0.717) is 0 Å². The number of benzene rings is 1. The number of piperazine rings is 1. The van der Waals surface area contributed by atoms with E-state index in [1.54, 1.807) is 0 Å². The molecule has 1 aromatic carbocycles. The minimum Gasteiger partial charge on any atom is -0.314 e. The Hall–Kier alpha value is -1.66. The molecule has 3 aromatic rings. The summed E-state index contributed by atoms with van der Waals surface area (Å²) in [5, 5.41) is 4.32. The van der Waals surface area contributed by atoms with Gasteiger partial charge in [-0.15, -0.1) is 12.4 Å². The molecule has 26 heavy (non-hydrogen) atoms. The number of hydrogen-bond donors (Lipinski definition) is 1. The van der Waals surface area contributed by atoms with E-state index in [1.807, 2.05) is 25.3 Å². The Morgan fingerprint density at radius 1 is 1.27 bits per heavy atom. The van der Waals surface area contributed by atoms with Crippen molar-refractivity contribution in [3.8, 4) is 0 Å². The number of fused-ring (bicyclic) bond motifs is 1. The van der Waals surface area contributed by atoms with Gasteiger partial charge in [-0.25, -0.2) is 9.97 Å². The molecule has 138 valence electrons. The molecule has 1 N–H and O–H groups in total. The predicted molar refractivity (Wildman–Crippen MR) is 107 cm³/mol. The third kappa shape index (κ3) is 3.58. The second-order valence-electron chi connectivity index (χ2n) is 6.64. The first-order valence-electron chi connectivity index (χ1n) is 8.63. The zero-order valence-electron chi connectivity index (χ0n) is 14.9. The molecule has 0 aliphatic carbocycles. The van der Waals surface area contributed by atoms with Crippen molar-refractivity contribution in [2.45, 2.75) is 26.4 Å². The Kier molecular flexibility index (Phi) is 5.82. The molecule has 1 unspecified atom stereocenters. The van der Waals surface area contributed by atoms with E-state index in [1.165, 1.54) is 17.0 Å². The highest BCUT2D eigenvalue weighted by molar-refractivity contribution is 6.31. The maximum atomic E-state index is 6.46. The van der Waals surface area contributed by atoms with Crippen LogP contribution in [-0.2, 0) is 6.54 Å². The third-order valence-electron chi connectivity index (χ3n) is 4.85. The number of aromatic nitrogens is 3. The van der Waals surface area contributed by atoms with Crippen LogP contribution in [0.3, 0.4) is 0 Å². The second-order valence-corrected chi connectivity index (χ2v) is 7.04. The minimum absolute atomic E-state index is 0. The fourth-order valence-electron chi connectivity index (χ4n) is 3.70. The molecule has 1 saturated heterocycles. The highest BCUT2D eigenvalue weighted by Gasteiger charge is 2.26. The zero-order chi connectivity index (χ0) is 17.4. The smallest absolute Gasteiger partial charge is 0.234 e. The first kappa shape index (κ1) is 19.1. The Morgan fingerprint density at radius 3 is 2.88 bits per heavy atom. The predicted octanol–water partition coefficient (Wildman–Crippen LogP) is 3.57. The van der Waals surface area contributed by atoms with Crippen LogP contribution in [0, 0.1) is 13.8 Å². The van der Waals surface area contributed by atoms with Crippen LogP contribution in [-0.4, -0.2) is 38.9 Å². The quantitative estimate of drug-likeness (QED) is 0.740. The Morgan fingerprint density at radius 2 is 2.08 bits per heavy atom. The van der Waals surface area contributed by atoms with Crippen LogP contribution in [0.2, 0.25) is 5.02 Å². The standard InChI is InChI=1S/C19H22ClN5.ClH/c1-13-9-14(2)25-15(10-22-19(25)23-13)12-24-8-7-21-11-18(24)16-5-3-4-6-17(16)20;/h3-6,9-10,18,21H,7-8,11-12H2,1-2H3;1H. The summed E-state index contributed by atoms with van der Waals surface area (Å²) >= 11 is 6.46. The topological polar surface area (TPSA) is 45.5 Å². The van der Waals surface area contributed by atoms with Gasteiger partial charge in [-0.3, -0.25) is 9.30 Å². The van der Waals surface area contributed by atoms with Gasteiger partial charge >= 0.3 is 0 Å². The van der Waals surface area contributed by atoms with Crippen LogP contribution < -0.4 is 5.32 Å². The van der Waals surface area contributed by atoms with Crippen LogP contribution in [0.1, 0.15) is 28.7 Å². The van der Waals surface area contributed by atoms with Crippen LogP contribution in [0.4, 0.5) is 0 Å². The summed E-state index contributed by atoms with van der Waals surface area (Å²) in [6.07, 6.45) is 1.94. The van der Waals surface area contributed by atoms with Crippen molar-refractivity contribution in [3.63, 3.8) is 0 Å². The van der Waals surface area contributed by atoms with Crippen LogP contribution in [0.15, 0.2) is 36.5 Å². The van der Waals surface area contributed by atoms with E-state index >= 15 is 0 Å². The van der Waals surface area contributed by atoms with Crippen molar-refractivity contribution in [1.29, 1.82) is 0 Å². The fourth-order valence-corrected chi connectivity index (χ4v) is 3.97. The molecule has 0 saturated carbocycles. The summed E-state index contributed by atoms with van der Waals surface area (Å²) in [7, 11) is 0. The van der Waals surface area contributed by atoms with Gasteiger partial charge in [0.05, 0.1) is 11.9 Å². The lowest BCUT2D eigenvalue weighted by atomic mass is 10.0. The molecule has 4 rings (SSSR count). The first-order chi connectivity index (χ1) is 12.1. The van der Waals surface area contributed by atoms with Crippen LogP contribution >= 0.6 is 24.0 Å². The van der Waals surface area contributed by atoms with Crippen molar-refractivity contribution in [2.24, 2.45) is 0 Å². The molecular formula is C19H23Cl2N5. The molecule has 7 heteroatoms. The summed E-state index contributed by atoms with van der Waals surface area (Å²) in [6.45, 7) is 7.79. The largest absolute Gasteiger partial charge is 0.314 e. The number of aryl methyl sites for hydroxylation is 2. The van der Waals surface area contributed by atoms with Gasteiger partial charge in [0.15, 0.2) is 0 Å². The second kappa shape index (κ2) is 7.92. The Bertz CT molecular complexity index is 908. The summed E-state index contributed by atoms with van der Waals surface area (Å²) in [6, 6.07) is 10.5. The highest BCUT2D eigenvalue weighted by Crippen LogP contribution is 2.29. The van der Waals surface area contributed by atoms with E-state index in [4.69, 9.17) is 11.6 Å². The fraction of sp³-hybridized carbons (Fsp3) is 0.368. The van der Waals surface area contributed by atoms with Gasteiger partial charge in [0.1, 0.15) is 0 Å². The lowest BCUT2D eigenvalue weighted by Crippen LogP contribution is -2.45. The van der Waals surface area contributed by atoms with E-state index in [-0.39, 0.29) is 18.4 Å². The van der Waals surface area contributed by atoms with Crippen molar-refractivity contribution in [3.05, 3.63) is 64.2 Å². The number of halogens is 2. The number of hydrogen-bond acceptors (Lipinski definition) is 4. The van der Waals surface area contributed by atoms with Gasteiger partial charge < -0.3 is 5.32 Å². The maximum absolute atomic E-state index is 6.46. The van der Waals surface area contributed by atoms with Crippen LogP contribution in [0.5, 0.6) is 0 Å². The molecule has 1 aliphatic rings. The maximum Gasteiger partial charge on any atom is 0.234 e. The number of nitrogens with zero attached hydrogens (tertiary/aromatic N) is 4. The average Bonchev–Trinajstić information content (AvgIpc) is 2.99. The summed E-state index contributed by atoms with van der Waals surface area (Å²) in [4.78, 5) is 11.5. The molecule has 2 aromatic heterocycles. The monoisotopic (exact) mass is 391 g/mol. The highest BCUT2D eigenvalue weighted by atomic mass is 35.5. The molecule has 3 heterocycles. The molecule has 0 bridgehead atoms. The molecule has 5 nitrogen and oxygen atoms in total. The Balaban J connectivity index is 0.00000196. The van der Waals surface area contributed by atoms with Crippen LogP contribution in [0.25, 0.3) is 5.78 Å². The van der Waals surface area contributed by atoms with Crippen molar-refractivity contribution >= 4 is 29.8 Å². The van der Waals surface area contributed by atoms with E-state index in [2.05, 4.69) is 49.7 Å². The zero-order valence-corrected chi connectivity index (χ0v) is 16.5. The molecule has 1 aliphatic heterocycles. The summed E-state index contributed by atoms with van der Waals surface area (Å²) < 4.78 is 2.15. The number of imidazole rings is 1. The molecule has 1 fully saturated rings. The molecule has 0 spiro atoms. The summed E-state index contributed by atoms with van der Waals surface area (Å²) in [5.41, 5.74) is 4.51. The minimum atomic E-state index is 0. The number of nitrogens with one attached hydrogen (secondary N) is 1. The van der Waals surface area contributed by atoms with Crippen molar-refractivity contribution < 1.29 is 0 Å². The normalized spacial score (nSPS) is 18.0. The van der Waals surface area contributed by atoms with Gasteiger partial charge in [-0.05, 0) is 31.5 Å². The molecule has 0 radical (unpaired) electrons. The SMILES string of the molecule is Cc1cc(C)n2c(CN3CCNCC3c3ccccc3Cl)cnc2n1.Cl. The number of rotatable bonds is 3. The molecular weight excluding hydrogens is 369 g/mol. The van der Waals surface area contributed by atoms with E-state index in [9.17, 15) is 0 Å². The van der Waals surface area contributed by atoms with Gasteiger partial charge in [0.25, 0.3) is 0 Å². The van der Waals surface area contributed by atoms with Gasteiger partial charge in [0.2, 0.25) is 5.78 Å². The first-order valence-corrected chi connectivity index (χ1v) is 9.01. The summed E-state index contributed by atoms with van der Waals surface area (Å²) in [5.74, 6) is 0.775. The lowest BCUT2D eigenvalue weighted by Gasteiger charge is -2.36. The van der Waals surface area contributed by atoms with E-state index < -0.39 is 0 Å². The van der Waals surface area contributed by atoms with Crippen molar-refractivity contribution in [1.82, 2.24) is 24.6 Å². The lowest BCUT2D eigenvalue weighted by molar-refractivity contribution is 0.151. The molecule has 0 amide bonds. The van der Waals surface area contributed by atoms with E-state index in [0.717, 1.165) is 42.7 Å². The van der Waals surface area contributed by atoms with Gasteiger partial charge in [-0.1, -0.05) is 29.8 Å². The third-order valence-corrected chi connectivity index (χ3v) is 5.19. The Labute approximate surface area is 164 Å². The average molecular weight is 392 g/mol. The molecule has 1 atom stereocenters. The van der Waals surface area contributed by atoms with Gasteiger partial charge in [-0.2, -0.15) is 0 Å². The van der Waals surface area contributed by atoms with Crippen molar-refractivity contribution in [2.75, 3.05) is 19.6 Å². The van der Waals surface area contributed by atoms with Gasteiger partial charge in [0, 0.05) is 48.6 Å².